The molecular formula is C27H26F7N5O. The van der Waals surface area contributed by atoms with Crippen molar-refractivity contribution >= 4 is 11.6 Å². The van der Waals surface area contributed by atoms with Crippen LogP contribution in [0.1, 0.15) is 63.9 Å². The fourth-order valence-electron chi connectivity index (χ4n) is 5.61. The number of hydrogen-bond donors (Lipinski definition) is 1. The summed E-state index contributed by atoms with van der Waals surface area (Å²) in [6, 6.07) is 8.13. The maximum Gasteiger partial charge on any atom is 0.416 e. The number of aromatic nitrogens is 3. The van der Waals surface area contributed by atoms with Crippen molar-refractivity contribution in [3.05, 3.63) is 76.4 Å². The van der Waals surface area contributed by atoms with Crippen LogP contribution >= 0.6 is 0 Å². The first-order valence-electron chi connectivity index (χ1n) is 12.6. The Labute approximate surface area is 225 Å². The van der Waals surface area contributed by atoms with Crippen molar-refractivity contribution in [1.29, 1.82) is 0 Å². The molecule has 40 heavy (non-hydrogen) atoms. The summed E-state index contributed by atoms with van der Waals surface area (Å²) in [4.78, 5) is 14.5. The van der Waals surface area contributed by atoms with Crippen LogP contribution in [0, 0.1) is 0 Å². The molecule has 1 aliphatic carbocycles. The van der Waals surface area contributed by atoms with Crippen LogP contribution in [0.3, 0.4) is 0 Å². The second-order valence-corrected chi connectivity index (χ2v) is 10.4. The van der Waals surface area contributed by atoms with Gasteiger partial charge in [-0.05, 0) is 53.9 Å². The van der Waals surface area contributed by atoms with E-state index in [1.54, 1.807) is 0 Å². The van der Waals surface area contributed by atoms with E-state index in [1.165, 1.54) is 48.3 Å². The molecule has 1 aliphatic heterocycles. The SMILES string of the molecule is Cn1cnnc1[C@@H](F)C1(c2cccc(N3Cc4c(cc(CNCCCF)cc4C(F)(F)F)C3=O)c2)CC(F)(F)C1. The summed E-state index contributed by atoms with van der Waals surface area (Å²) in [6.45, 7) is -0.700. The summed E-state index contributed by atoms with van der Waals surface area (Å²) in [7, 11) is 1.49. The van der Waals surface area contributed by atoms with Gasteiger partial charge in [-0.1, -0.05) is 12.1 Å². The summed E-state index contributed by atoms with van der Waals surface area (Å²) < 4.78 is 99.9. The Morgan fingerprint density at radius 3 is 2.52 bits per heavy atom. The number of nitrogens with zero attached hydrogens (tertiary/aromatic N) is 4. The second kappa shape index (κ2) is 10.2. The van der Waals surface area contributed by atoms with Crippen LogP contribution in [0.5, 0.6) is 0 Å². The summed E-state index contributed by atoms with van der Waals surface area (Å²) in [5.74, 6) is -3.94. The number of benzene rings is 2. The monoisotopic (exact) mass is 569 g/mol. The van der Waals surface area contributed by atoms with E-state index in [0.29, 0.717) is 0 Å². The largest absolute Gasteiger partial charge is 0.416 e. The molecular weight excluding hydrogens is 543 g/mol. The van der Waals surface area contributed by atoms with Crippen LogP contribution in [0.15, 0.2) is 42.7 Å². The number of carbonyl (C=O) groups excluding carboxylic acids is 1. The Morgan fingerprint density at radius 2 is 1.90 bits per heavy atom. The van der Waals surface area contributed by atoms with Gasteiger partial charge < -0.3 is 14.8 Å². The molecule has 214 valence electrons. The highest BCUT2D eigenvalue weighted by molar-refractivity contribution is 6.10. The van der Waals surface area contributed by atoms with E-state index in [2.05, 4.69) is 15.5 Å². The molecule has 1 atom stereocenters. The minimum absolute atomic E-state index is 0.00971. The average Bonchev–Trinajstić information content (AvgIpc) is 3.46. The van der Waals surface area contributed by atoms with Crippen molar-refractivity contribution in [1.82, 2.24) is 20.1 Å². The number of fused-ring (bicyclic) bond motifs is 1. The van der Waals surface area contributed by atoms with E-state index in [9.17, 15) is 31.1 Å². The Bertz CT molecular complexity index is 1410. The van der Waals surface area contributed by atoms with Gasteiger partial charge in [0.2, 0.25) is 5.92 Å². The van der Waals surface area contributed by atoms with E-state index < -0.39 is 61.2 Å². The van der Waals surface area contributed by atoms with Crippen molar-refractivity contribution < 1.29 is 35.5 Å². The molecule has 0 saturated heterocycles. The van der Waals surface area contributed by atoms with Crippen LogP contribution in [-0.2, 0) is 31.7 Å². The minimum Gasteiger partial charge on any atom is -0.318 e. The van der Waals surface area contributed by atoms with Gasteiger partial charge >= 0.3 is 6.18 Å². The number of hydrogen-bond acceptors (Lipinski definition) is 4. The minimum atomic E-state index is -4.74. The molecule has 3 aromatic rings. The van der Waals surface area contributed by atoms with Gasteiger partial charge in [0, 0.05) is 43.1 Å². The molecule has 1 saturated carbocycles. The van der Waals surface area contributed by atoms with Gasteiger partial charge in [0.15, 0.2) is 12.0 Å². The van der Waals surface area contributed by atoms with Gasteiger partial charge in [0.05, 0.1) is 18.8 Å². The quantitative estimate of drug-likeness (QED) is 0.261. The summed E-state index contributed by atoms with van der Waals surface area (Å²) in [5.41, 5.74) is -2.39. The Hall–Kier alpha value is -3.48. The number of amides is 1. The van der Waals surface area contributed by atoms with Crippen LogP contribution in [-0.4, -0.2) is 39.8 Å². The van der Waals surface area contributed by atoms with E-state index in [4.69, 9.17) is 0 Å². The van der Waals surface area contributed by atoms with Gasteiger partial charge in [-0.25, -0.2) is 13.2 Å². The molecule has 0 spiro atoms. The second-order valence-electron chi connectivity index (χ2n) is 10.4. The molecule has 0 radical (unpaired) electrons. The molecule has 1 amide bonds. The molecule has 1 N–H and O–H groups in total. The van der Waals surface area contributed by atoms with Gasteiger partial charge in [0.1, 0.15) is 6.33 Å². The highest BCUT2D eigenvalue weighted by Gasteiger charge is 2.62. The molecule has 0 unspecified atom stereocenters. The maximum atomic E-state index is 15.8. The lowest BCUT2D eigenvalue weighted by Crippen LogP contribution is -2.52. The van der Waals surface area contributed by atoms with Crippen LogP contribution < -0.4 is 10.2 Å². The van der Waals surface area contributed by atoms with Crippen molar-refractivity contribution in [3.8, 4) is 0 Å². The first kappa shape index (κ1) is 28.1. The van der Waals surface area contributed by atoms with Crippen LogP contribution in [0.25, 0.3) is 0 Å². The Morgan fingerprint density at radius 1 is 1.15 bits per heavy atom. The third-order valence-electron chi connectivity index (χ3n) is 7.56. The first-order valence-corrected chi connectivity index (χ1v) is 12.6. The Balaban J connectivity index is 1.49. The van der Waals surface area contributed by atoms with E-state index in [0.717, 1.165) is 11.0 Å². The first-order chi connectivity index (χ1) is 18.9. The van der Waals surface area contributed by atoms with Crippen molar-refractivity contribution in [2.75, 3.05) is 18.1 Å². The predicted octanol–water partition coefficient (Wildman–Crippen LogP) is 5.82. The smallest absolute Gasteiger partial charge is 0.318 e. The molecule has 1 aromatic heterocycles. The fourth-order valence-corrected chi connectivity index (χ4v) is 5.61. The fraction of sp³-hybridized carbons (Fsp3) is 0.444. The number of rotatable bonds is 9. The molecule has 2 aliphatic rings. The summed E-state index contributed by atoms with van der Waals surface area (Å²) in [6.07, 6.45) is -6.83. The van der Waals surface area contributed by atoms with Gasteiger partial charge in [0.25, 0.3) is 5.91 Å². The van der Waals surface area contributed by atoms with Crippen molar-refractivity contribution in [2.45, 2.75) is 56.0 Å². The third kappa shape index (κ3) is 4.95. The number of anilines is 1. The van der Waals surface area contributed by atoms with Crippen molar-refractivity contribution in [2.24, 2.45) is 7.05 Å². The molecule has 5 rings (SSSR count). The zero-order chi connectivity index (χ0) is 28.9. The average molecular weight is 570 g/mol. The number of nitrogens with one attached hydrogen (secondary N) is 1. The van der Waals surface area contributed by atoms with Crippen LogP contribution in [0.2, 0.25) is 0 Å². The lowest BCUT2D eigenvalue weighted by atomic mass is 9.59. The zero-order valence-corrected chi connectivity index (χ0v) is 21.4. The lowest BCUT2D eigenvalue weighted by Gasteiger charge is -2.49. The molecule has 6 nitrogen and oxygen atoms in total. The molecule has 13 heteroatoms. The van der Waals surface area contributed by atoms with Gasteiger partial charge in [-0.15, -0.1) is 10.2 Å². The molecule has 0 bridgehead atoms. The topological polar surface area (TPSA) is 63.1 Å². The Kier molecular flexibility index (Phi) is 7.13. The van der Waals surface area contributed by atoms with Gasteiger partial charge in [-0.3, -0.25) is 9.18 Å². The number of alkyl halides is 7. The molecule has 2 aromatic carbocycles. The van der Waals surface area contributed by atoms with E-state index >= 15 is 4.39 Å². The lowest BCUT2D eigenvalue weighted by molar-refractivity contribution is -0.151. The summed E-state index contributed by atoms with van der Waals surface area (Å²) >= 11 is 0. The third-order valence-corrected chi connectivity index (χ3v) is 7.56. The highest BCUT2D eigenvalue weighted by Crippen LogP contribution is 2.60. The number of carbonyl (C=O) groups is 1. The van der Waals surface area contributed by atoms with E-state index in [-0.39, 0.29) is 53.3 Å². The van der Waals surface area contributed by atoms with Gasteiger partial charge in [-0.2, -0.15) is 13.2 Å². The number of halogens is 7. The van der Waals surface area contributed by atoms with Crippen LogP contribution in [0.4, 0.5) is 36.4 Å². The normalized spacial score (nSPS) is 18.5. The maximum absolute atomic E-state index is 15.8. The van der Waals surface area contributed by atoms with Crippen molar-refractivity contribution in [3.63, 3.8) is 0 Å². The molecule has 2 heterocycles. The van der Waals surface area contributed by atoms with E-state index in [1.807, 2.05) is 0 Å². The summed E-state index contributed by atoms with van der Waals surface area (Å²) in [5, 5.41) is 10.2. The zero-order valence-electron chi connectivity index (χ0n) is 21.4. The standard InChI is InChI=1S/C27H26F7N5O/c1-38-15-36-37-23(38)22(29)25(13-26(30,31)14-25)17-4-2-5-18(10-17)39-12-20-19(24(39)40)8-16(11-35-7-3-6-28)9-21(20)27(32,33)34/h2,4-5,8-10,15,22,35H,3,6-7,11-14H2,1H3/t22-/m1/s1. The predicted molar refractivity (Wildman–Crippen MR) is 131 cm³/mol. The molecule has 1 fully saturated rings. The number of aryl methyl sites for hydroxylation is 1. The highest BCUT2D eigenvalue weighted by atomic mass is 19.4.